The Morgan fingerprint density at radius 3 is 2.66 bits per heavy atom. The van der Waals surface area contributed by atoms with Gasteiger partial charge in [0.2, 0.25) is 5.91 Å². The molecule has 2 atom stereocenters. The van der Waals surface area contributed by atoms with Crippen molar-refractivity contribution in [1.29, 1.82) is 0 Å². The van der Waals surface area contributed by atoms with Crippen LogP contribution in [0.2, 0.25) is 0 Å². The highest BCUT2D eigenvalue weighted by Gasteiger charge is 2.25. The fourth-order valence-corrected chi connectivity index (χ4v) is 3.81. The van der Waals surface area contributed by atoms with Crippen LogP contribution in [0.25, 0.3) is 0 Å². The zero-order valence-electron chi connectivity index (χ0n) is 17.5. The first kappa shape index (κ1) is 22.9. The SMILES string of the molecule is Cc1cc(C)cc(CC(O)/C=C/[C@H]2CCCC(=O)N2C/C=C\CCCC(=O)O)c1. The number of carboxylic acids is 1. The number of aryl methyl sites for hydroxylation is 2. The molecule has 0 aromatic heterocycles. The summed E-state index contributed by atoms with van der Waals surface area (Å²) in [5.41, 5.74) is 3.49. The Morgan fingerprint density at radius 2 is 1.97 bits per heavy atom. The maximum atomic E-state index is 12.3. The van der Waals surface area contributed by atoms with Gasteiger partial charge in [-0.25, -0.2) is 0 Å². The average Bonchev–Trinajstić information content (AvgIpc) is 2.63. The van der Waals surface area contributed by atoms with Gasteiger partial charge in [-0.2, -0.15) is 0 Å². The highest BCUT2D eigenvalue weighted by Crippen LogP contribution is 2.20. The van der Waals surface area contributed by atoms with Crippen molar-refractivity contribution in [3.63, 3.8) is 0 Å². The number of aliphatic hydroxyl groups excluding tert-OH is 1. The summed E-state index contributed by atoms with van der Waals surface area (Å²) in [6.45, 7) is 4.63. The molecular weight excluding hydrogens is 366 g/mol. The van der Waals surface area contributed by atoms with Gasteiger partial charge in [-0.1, -0.05) is 53.6 Å². The van der Waals surface area contributed by atoms with Gasteiger partial charge in [0.15, 0.2) is 0 Å². The van der Waals surface area contributed by atoms with E-state index in [9.17, 15) is 14.7 Å². The number of hydrogen-bond acceptors (Lipinski definition) is 3. The predicted molar refractivity (Wildman–Crippen MR) is 115 cm³/mol. The molecule has 1 aromatic rings. The molecule has 5 heteroatoms. The topological polar surface area (TPSA) is 77.8 Å². The molecule has 1 saturated heterocycles. The molecule has 0 saturated carbocycles. The van der Waals surface area contributed by atoms with Gasteiger partial charge in [0.1, 0.15) is 0 Å². The minimum atomic E-state index is -0.783. The van der Waals surface area contributed by atoms with Crippen molar-refractivity contribution in [3.05, 3.63) is 59.2 Å². The molecule has 0 bridgehead atoms. The second-order valence-corrected chi connectivity index (χ2v) is 7.92. The summed E-state index contributed by atoms with van der Waals surface area (Å²) < 4.78 is 0. The molecule has 2 rings (SSSR count). The van der Waals surface area contributed by atoms with Gasteiger partial charge in [-0.15, -0.1) is 0 Å². The van der Waals surface area contributed by atoms with E-state index in [-0.39, 0.29) is 18.4 Å². The van der Waals surface area contributed by atoms with Crippen molar-refractivity contribution >= 4 is 11.9 Å². The largest absolute Gasteiger partial charge is 0.481 e. The number of allylic oxidation sites excluding steroid dienone is 1. The van der Waals surface area contributed by atoms with E-state index in [0.717, 1.165) is 18.4 Å². The van der Waals surface area contributed by atoms with E-state index in [0.29, 0.717) is 32.2 Å². The number of carbonyl (C=O) groups excluding carboxylic acids is 1. The Morgan fingerprint density at radius 1 is 1.24 bits per heavy atom. The van der Waals surface area contributed by atoms with Crippen LogP contribution in [0.3, 0.4) is 0 Å². The van der Waals surface area contributed by atoms with Crippen LogP contribution in [0.5, 0.6) is 0 Å². The summed E-state index contributed by atoms with van der Waals surface area (Å²) >= 11 is 0. The molecule has 1 unspecified atom stereocenters. The Balaban J connectivity index is 1.90. The number of carboxylic acid groups (broad SMARTS) is 1. The zero-order chi connectivity index (χ0) is 21.2. The summed E-state index contributed by atoms with van der Waals surface area (Å²) in [5.74, 6) is -0.654. The minimum absolute atomic E-state index is 0.00573. The number of nitrogens with zero attached hydrogens (tertiary/aromatic N) is 1. The third kappa shape index (κ3) is 8.24. The van der Waals surface area contributed by atoms with E-state index in [1.807, 2.05) is 29.2 Å². The number of unbranched alkanes of at least 4 members (excludes halogenated alkanes) is 1. The molecule has 1 heterocycles. The maximum absolute atomic E-state index is 12.3. The lowest BCUT2D eigenvalue weighted by molar-refractivity contribution is -0.137. The first-order valence-electron chi connectivity index (χ1n) is 10.4. The van der Waals surface area contributed by atoms with Gasteiger partial charge in [0, 0.05) is 25.8 Å². The third-order valence-electron chi connectivity index (χ3n) is 5.12. The first-order valence-corrected chi connectivity index (χ1v) is 10.4. The normalized spacial score (nSPS) is 18.7. The molecule has 0 radical (unpaired) electrons. The Labute approximate surface area is 173 Å². The van der Waals surface area contributed by atoms with Crippen molar-refractivity contribution in [2.24, 2.45) is 0 Å². The molecule has 0 aliphatic carbocycles. The average molecular weight is 400 g/mol. The van der Waals surface area contributed by atoms with Crippen LogP contribution in [0.1, 0.15) is 55.2 Å². The van der Waals surface area contributed by atoms with Crippen LogP contribution in [0, 0.1) is 13.8 Å². The van der Waals surface area contributed by atoms with Crippen molar-refractivity contribution in [2.45, 2.75) is 70.9 Å². The van der Waals surface area contributed by atoms with Gasteiger partial charge >= 0.3 is 5.97 Å². The number of carbonyl (C=O) groups is 2. The van der Waals surface area contributed by atoms with Gasteiger partial charge in [0.25, 0.3) is 0 Å². The summed E-state index contributed by atoms with van der Waals surface area (Å²) in [5, 5.41) is 19.1. The van der Waals surface area contributed by atoms with Gasteiger partial charge in [0.05, 0.1) is 12.1 Å². The number of hydrogen-bond donors (Lipinski definition) is 2. The van der Waals surface area contributed by atoms with E-state index in [1.165, 1.54) is 11.1 Å². The maximum Gasteiger partial charge on any atom is 0.303 e. The Kier molecular flexibility index (Phi) is 9.13. The highest BCUT2D eigenvalue weighted by molar-refractivity contribution is 5.77. The van der Waals surface area contributed by atoms with Gasteiger partial charge in [-0.3, -0.25) is 9.59 Å². The van der Waals surface area contributed by atoms with Crippen LogP contribution < -0.4 is 0 Å². The quantitative estimate of drug-likeness (QED) is 0.461. The molecule has 1 aliphatic rings. The number of piperidine rings is 1. The third-order valence-corrected chi connectivity index (χ3v) is 5.12. The zero-order valence-corrected chi connectivity index (χ0v) is 17.5. The van der Waals surface area contributed by atoms with Crippen LogP contribution in [0.4, 0.5) is 0 Å². The molecule has 0 spiro atoms. The van der Waals surface area contributed by atoms with Crippen molar-refractivity contribution < 1.29 is 19.8 Å². The highest BCUT2D eigenvalue weighted by atomic mass is 16.4. The number of rotatable bonds is 10. The lowest BCUT2D eigenvalue weighted by Crippen LogP contribution is -2.42. The molecule has 1 amide bonds. The summed E-state index contributed by atoms with van der Waals surface area (Å²) in [6, 6.07) is 6.30. The molecule has 29 heavy (non-hydrogen) atoms. The number of likely N-dealkylation sites (tertiary alicyclic amines) is 1. The lowest BCUT2D eigenvalue weighted by atomic mass is 9.98. The van der Waals surface area contributed by atoms with Gasteiger partial charge < -0.3 is 15.1 Å². The molecule has 158 valence electrons. The Hall–Kier alpha value is -2.40. The summed E-state index contributed by atoms with van der Waals surface area (Å²) in [6.07, 6.45) is 11.4. The van der Waals surface area contributed by atoms with Crippen LogP contribution >= 0.6 is 0 Å². The van der Waals surface area contributed by atoms with Crippen molar-refractivity contribution in [2.75, 3.05) is 6.54 Å². The monoisotopic (exact) mass is 399 g/mol. The molecule has 1 fully saturated rings. The number of aliphatic carboxylic acids is 1. The molecule has 5 nitrogen and oxygen atoms in total. The van der Waals surface area contributed by atoms with Gasteiger partial charge in [-0.05, 0) is 45.1 Å². The van der Waals surface area contributed by atoms with Crippen molar-refractivity contribution in [3.8, 4) is 0 Å². The number of benzene rings is 1. The summed E-state index contributed by atoms with van der Waals surface area (Å²) in [7, 11) is 0. The molecular formula is C24H33NO4. The molecule has 1 aromatic carbocycles. The Bertz CT molecular complexity index is 733. The minimum Gasteiger partial charge on any atom is -0.481 e. The van der Waals surface area contributed by atoms with E-state index < -0.39 is 12.1 Å². The van der Waals surface area contributed by atoms with E-state index in [2.05, 4.69) is 32.0 Å². The van der Waals surface area contributed by atoms with E-state index >= 15 is 0 Å². The lowest BCUT2D eigenvalue weighted by Gasteiger charge is -2.33. The smallest absolute Gasteiger partial charge is 0.303 e. The van der Waals surface area contributed by atoms with Crippen LogP contribution in [-0.2, 0) is 16.0 Å². The second-order valence-electron chi connectivity index (χ2n) is 7.92. The van der Waals surface area contributed by atoms with E-state index in [4.69, 9.17) is 5.11 Å². The van der Waals surface area contributed by atoms with Crippen molar-refractivity contribution in [1.82, 2.24) is 4.90 Å². The van der Waals surface area contributed by atoms with Crippen LogP contribution in [-0.4, -0.2) is 45.7 Å². The predicted octanol–water partition coefficient (Wildman–Crippen LogP) is 3.96. The first-order chi connectivity index (χ1) is 13.8. The summed E-state index contributed by atoms with van der Waals surface area (Å²) in [4.78, 5) is 24.7. The molecule has 1 aliphatic heterocycles. The van der Waals surface area contributed by atoms with Crippen LogP contribution in [0.15, 0.2) is 42.5 Å². The fraction of sp³-hybridized carbons (Fsp3) is 0.500. The standard InChI is InChI=1S/C24H33NO4/c1-18-14-19(2)16-20(15-18)17-22(26)12-11-21-8-7-9-23(27)25(21)13-6-4-3-5-10-24(28)29/h4,6,11-12,14-16,21-22,26H,3,5,7-10,13,17H2,1-2H3,(H,28,29)/b6-4-,12-11+/t21-,22?/m1/s1. The second kappa shape index (κ2) is 11.6. The van der Waals surface area contributed by atoms with E-state index in [1.54, 1.807) is 0 Å². The number of aliphatic hydroxyl groups is 1. The molecule has 2 N–H and O–H groups in total. The number of amides is 1. The fourth-order valence-electron chi connectivity index (χ4n) is 3.81.